The van der Waals surface area contributed by atoms with Crippen molar-refractivity contribution in [2.75, 3.05) is 25.2 Å². The molecule has 3 nitrogen and oxygen atoms in total. The molecule has 106 valence electrons. The summed E-state index contributed by atoms with van der Waals surface area (Å²) in [6, 6.07) is 6.62. The molecule has 0 aromatic heterocycles. The van der Waals surface area contributed by atoms with Crippen molar-refractivity contribution in [1.29, 1.82) is 0 Å². The molecule has 1 aliphatic carbocycles. The van der Waals surface area contributed by atoms with Crippen molar-refractivity contribution in [2.24, 2.45) is 5.92 Å². The highest BCUT2D eigenvalue weighted by atomic mass is 79.9. The first-order valence-electron chi connectivity index (χ1n) is 6.82. The van der Waals surface area contributed by atoms with Crippen molar-refractivity contribution >= 4 is 21.6 Å². The lowest BCUT2D eigenvalue weighted by molar-refractivity contribution is 0.202. The quantitative estimate of drug-likeness (QED) is 0.834. The summed E-state index contributed by atoms with van der Waals surface area (Å²) < 4.78 is 6.23. The fourth-order valence-electron chi connectivity index (χ4n) is 2.53. The number of rotatable bonds is 7. The molecular weight excluding hydrogens is 306 g/mol. The number of ether oxygens (including phenoxy) is 1. The number of hydrogen-bond donors (Lipinski definition) is 1. The molecule has 1 aromatic carbocycles. The Balaban J connectivity index is 2.25. The second-order valence-corrected chi connectivity index (χ2v) is 6.11. The van der Waals surface area contributed by atoms with Gasteiger partial charge in [-0.25, -0.2) is 0 Å². The zero-order valence-corrected chi connectivity index (χ0v) is 13.2. The monoisotopic (exact) mass is 327 g/mol. The smallest absolute Gasteiger partial charge is 0.0702 e. The molecule has 1 unspecified atom stereocenters. The third-order valence-electron chi connectivity index (χ3n) is 3.85. The Morgan fingerprint density at radius 1 is 1.47 bits per heavy atom. The number of hydrogen-bond acceptors (Lipinski definition) is 3. The Morgan fingerprint density at radius 2 is 2.21 bits per heavy atom. The maximum Gasteiger partial charge on any atom is 0.0702 e. The van der Waals surface area contributed by atoms with Crippen LogP contribution in [0.4, 0.5) is 5.69 Å². The van der Waals surface area contributed by atoms with Crippen LogP contribution < -0.4 is 4.90 Å². The molecule has 0 radical (unpaired) electrons. The van der Waals surface area contributed by atoms with Gasteiger partial charge in [0, 0.05) is 35.4 Å². The molecule has 0 bridgehead atoms. The Bertz CT molecular complexity index is 421. The van der Waals surface area contributed by atoms with Gasteiger partial charge in [0.05, 0.1) is 13.2 Å². The van der Waals surface area contributed by atoms with Gasteiger partial charge in [-0.1, -0.05) is 15.9 Å². The lowest BCUT2D eigenvalue weighted by Gasteiger charge is -2.33. The van der Waals surface area contributed by atoms with Crippen molar-refractivity contribution in [3.8, 4) is 0 Å². The van der Waals surface area contributed by atoms with E-state index in [0.717, 1.165) is 28.2 Å². The van der Waals surface area contributed by atoms with E-state index in [9.17, 15) is 5.11 Å². The van der Waals surface area contributed by atoms with Crippen LogP contribution in [0.5, 0.6) is 0 Å². The summed E-state index contributed by atoms with van der Waals surface area (Å²) in [7, 11) is 1.73. The molecule has 0 amide bonds. The van der Waals surface area contributed by atoms with Crippen LogP contribution in [-0.2, 0) is 11.3 Å². The Labute approximate surface area is 123 Å². The van der Waals surface area contributed by atoms with Crippen molar-refractivity contribution in [2.45, 2.75) is 32.4 Å². The molecule has 4 heteroatoms. The third kappa shape index (κ3) is 3.71. The van der Waals surface area contributed by atoms with Gasteiger partial charge in [-0.3, -0.25) is 0 Å². The minimum absolute atomic E-state index is 0.0651. The molecule has 2 rings (SSSR count). The third-order valence-corrected chi connectivity index (χ3v) is 4.35. The van der Waals surface area contributed by atoms with Crippen LogP contribution in [0.1, 0.15) is 25.3 Å². The van der Waals surface area contributed by atoms with E-state index < -0.39 is 0 Å². The average molecular weight is 328 g/mol. The van der Waals surface area contributed by atoms with Gasteiger partial charge in [-0.2, -0.15) is 0 Å². The van der Waals surface area contributed by atoms with Crippen LogP contribution in [0.15, 0.2) is 22.7 Å². The van der Waals surface area contributed by atoms with E-state index >= 15 is 0 Å². The van der Waals surface area contributed by atoms with E-state index in [1.807, 2.05) is 12.1 Å². The number of nitrogens with zero attached hydrogens (tertiary/aromatic N) is 1. The predicted molar refractivity (Wildman–Crippen MR) is 81.5 cm³/mol. The molecule has 1 aromatic rings. The van der Waals surface area contributed by atoms with Crippen LogP contribution in [0.25, 0.3) is 0 Å². The molecule has 0 spiro atoms. The molecular formula is C15H22BrNO2. The molecule has 0 aliphatic heterocycles. The van der Waals surface area contributed by atoms with Crippen molar-refractivity contribution in [3.05, 3.63) is 28.2 Å². The summed E-state index contributed by atoms with van der Waals surface area (Å²) in [5.74, 6) is 0.784. The molecule has 1 fully saturated rings. The van der Waals surface area contributed by atoms with Gasteiger partial charge in [-0.05, 0) is 43.9 Å². The zero-order chi connectivity index (χ0) is 13.8. The van der Waals surface area contributed by atoms with E-state index in [4.69, 9.17) is 4.74 Å². The number of aliphatic hydroxyl groups excluding tert-OH is 1. The highest BCUT2D eigenvalue weighted by Crippen LogP contribution is 2.38. The standard InChI is InChI=1S/C15H22BrNO2/c1-11(12-3-4-12)17(7-8-19-2)15-6-5-14(16)9-13(15)10-18/h5-6,9,11-12,18H,3-4,7-8,10H2,1-2H3. The largest absolute Gasteiger partial charge is 0.392 e. The highest BCUT2D eigenvalue weighted by molar-refractivity contribution is 9.10. The van der Waals surface area contributed by atoms with E-state index in [1.54, 1.807) is 7.11 Å². The van der Waals surface area contributed by atoms with Gasteiger partial charge in [0.2, 0.25) is 0 Å². The van der Waals surface area contributed by atoms with Gasteiger partial charge >= 0.3 is 0 Å². The number of methoxy groups -OCH3 is 1. The Kier molecular flexibility index (Phi) is 5.25. The number of benzene rings is 1. The molecule has 1 atom stereocenters. The summed E-state index contributed by atoms with van der Waals surface area (Å²) in [5.41, 5.74) is 2.10. The minimum Gasteiger partial charge on any atom is -0.392 e. The van der Waals surface area contributed by atoms with Crippen LogP contribution >= 0.6 is 15.9 Å². The maximum absolute atomic E-state index is 9.57. The molecule has 1 saturated carbocycles. The van der Waals surface area contributed by atoms with E-state index in [1.165, 1.54) is 12.8 Å². The van der Waals surface area contributed by atoms with Crippen molar-refractivity contribution in [3.63, 3.8) is 0 Å². The van der Waals surface area contributed by atoms with Gasteiger partial charge in [0.1, 0.15) is 0 Å². The SMILES string of the molecule is COCCN(c1ccc(Br)cc1CO)C(C)C1CC1. The minimum atomic E-state index is 0.0651. The number of anilines is 1. The van der Waals surface area contributed by atoms with Gasteiger partial charge < -0.3 is 14.7 Å². The average Bonchev–Trinajstić information content (AvgIpc) is 3.24. The zero-order valence-electron chi connectivity index (χ0n) is 11.6. The molecule has 1 aliphatic rings. The van der Waals surface area contributed by atoms with Crippen LogP contribution in [0, 0.1) is 5.92 Å². The highest BCUT2D eigenvalue weighted by Gasteiger charge is 2.32. The summed E-state index contributed by atoms with van der Waals surface area (Å²) in [5, 5.41) is 9.57. The van der Waals surface area contributed by atoms with E-state index in [-0.39, 0.29) is 6.61 Å². The Hall–Kier alpha value is -0.580. The predicted octanol–water partition coefficient (Wildman–Crippen LogP) is 3.19. The van der Waals surface area contributed by atoms with Gasteiger partial charge in [-0.15, -0.1) is 0 Å². The molecule has 19 heavy (non-hydrogen) atoms. The van der Waals surface area contributed by atoms with Crippen LogP contribution in [0.2, 0.25) is 0 Å². The first kappa shape index (κ1) is 14.8. The lowest BCUT2D eigenvalue weighted by atomic mass is 10.1. The topological polar surface area (TPSA) is 32.7 Å². The van der Waals surface area contributed by atoms with Gasteiger partial charge in [0.25, 0.3) is 0 Å². The number of halogens is 1. The summed E-state index contributed by atoms with van der Waals surface area (Å²) in [4.78, 5) is 2.37. The normalized spacial score (nSPS) is 16.4. The fraction of sp³-hybridized carbons (Fsp3) is 0.600. The van der Waals surface area contributed by atoms with E-state index in [2.05, 4.69) is 33.8 Å². The van der Waals surface area contributed by atoms with Crippen molar-refractivity contribution < 1.29 is 9.84 Å². The fourth-order valence-corrected chi connectivity index (χ4v) is 2.94. The first-order valence-corrected chi connectivity index (χ1v) is 7.61. The lowest BCUT2D eigenvalue weighted by Crippen LogP contribution is -2.38. The molecule has 1 N–H and O–H groups in total. The van der Waals surface area contributed by atoms with Crippen LogP contribution in [0.3, 0.4) is 0 Å². The summed E-state index contributed by atoms with van der Waals surface area (Å²) in [6.07, 6.45) is 2.63. The van der Waals surface area contributed by atoms with Crippen LogP contribution in [-0.4, -0.2) is 31.4 Å². The summed E-state index contributed by atoms with van der Waals surface area (Å²) in [6.45, 7) is 3.91. The van der Waals surface area contributed by atoms with Crippen molar-refractivity contribution in [1.82, 2.24) is 0 Å². The maximum atomic E-state index is 9.57. The molecule has 0 saturated heterocycles. The molecule has 0 heterocycles. The summed E-state index contributed by atoms with van der Waals surface area (Å²) >= 11 is 3.46. The Morgan fingerprint density at radius 3 is 2.79 bits per heavy atom. The second-order valence-electron chi connectivity index (χ2n) is 5.20. The van der Waals surface area contributed by atoms with E-state index in [0.29, 0.717) is 12.6 Å². The second kappa shape index (κ2) is 6.73. The number of aliphatic hydroxyl groups is 1. The first-order chi connectivity index (χ1) is 9.17. The van der Waals surface area contributed by atoms with Gasteiger partial charge in [0.15, 0.2) is 0 Å².